The van der Waals surface area contributed by atoms with E-state index in [1.54, 1.807) is 7.11 Å². The van der Waals surface area contributed by atoms with Gasteiger partial charge in [0.05, 0.1) is 12.1 Å². The van der Waals surface area contributed by atoms with Crippen LogP contribution < -0.4 is 5.32 Å². The van der Waals surface area contributed by atoms with Crippen LogP contribution >= 0.6 is 0 Å². The van der Waals surface area contributed by atoms with Gasteiger partial charge < -0.3 is 15.0 Å². The Bertz CT molecular complexity index is 321. The minimum absolute atomic E-state index is 0.00528. The van der Waals surface area contributed by atoms with Crippen molar-refractivity contribution >= 4 is 5.91 Å². The quantitative estimate of drug-likeness (QED) is 0.801. The number of hydrogen-bond donors (Lipinski definition) is 1. The minimum Gasteiger partial charge on any atom is -0.380 e. The third-order valence-electron chi connectivity index (χ3n) is 5.00. The van der Waals surface area contributed by atoms with Gasteiger partial charge in [0.1, 0.15) is 0 Å². The van der Waals surface area contributed by atoms with Crippen molar-refractivity contribution in [2.45, 2.75) is 56.7 Å². The lowest BCUT2D eigenvalue weighted by Crippen LogP contribution is -2.52. The Morgan fingerprint density at radius 2 is 2.11 bits per heavy atom. The maximum atomic E-state index is 12.6. The molecule has 0 bridgehead atoms. The molecule has 1 saturated carbocycles. The molecular weight excluding hydrogens is 228 g/mol. The molecule has 4 heteroatoms. The van der Waals surface area contributed by atoms with Crippen LogP contribution in [0.25, 0.3) is 0 Å². The fourth-order valence-electron chi connectivity index (χ4n) is 4.00. The van der Waals surface area contributed by atoms with Crippen LogP contribution in [0, 0.1) is 5.92 Å². The molecule has 2 heterocycles. The third-order valence-corrected chi connectivity index (χ3v) is 5.00. The van der Waals surface area contributed by atoms with E-state index in [1.807, 2.05) is 0 Å². The predicted molar refractivity (Wildman–Crippen MR) is 69.3 cm³/mol. The summed E-state index contributed by atoms with van der Waals surface area (Å²) in [5, 5.41) is 3.32. The number of piperidine rings is 1. The first-order valence-corrected chi connectivity index (χ1v) is 7.36. The highest BCUT2D eigenvalue weighted by molar-refractivity contribution is 5.82. The number of methoxy groups -OCH3 is 1. The first kappa shape index (κ1) is 12.4. The number of carbonyl (C=O) groups excluding carboxylic acids is 1. The second-order valence-corrected chi connectivity index (χ2v) is 5.99. The van der Waals surface area contributed by atoms with E-state index in [2.05, 4.69) is 10.2 Å². The minimum atomic E-state index is -0.00528. The van der Waals surface area contributed by atoms with Gasteiger partial charge in [-0.25, -0.2) is 0 Å². The average molecular weight is 252 g/mol. The van der Waals surface area contributed by atoms with Crippen molar-refractivity contribution in [1.82, 2.24) is 10.2 Å². The summed E-state index contributed by atoms with van der Waals surface area (Å²) >= 11 is 0. The third kappa shape index (κ3) is 2.16. The van der Waals surface area contributed by atoms with E-state index in [0.717, 1.165) is 25.4 Å². The van der Waals surface area contributed by atoms with E-state index in [1.165, 1.54) is 32.1 Å². The summed E-state index contributed by atoms with van der Waals surface area (Å²) in [6.45, 7) is 1.78. The number of amides is 1. The highest BCUT2D eigenvalue weighted by Crippen LogP contribution is 2.37. The molecular formula is C14H24N2O2. The average Bonchev–Trinajstić information content (AvgIpc) is 3.05. The van der Waals surface area contributed by atoms with Crippen LogP contribution in [0.4, 0.5) is 0 Å². The number of carbonyl (C=O) groups is 1. The Labute approximate surface area is 109 Å². The van der Waals surface area contributed by atoms with Crippen molar-refractivity contribution < 1.29 is 9.53 Å². The van der Waals surface area contributed by atoms with Gasteiger partial charge in [-0.2, -0.15) is 0 Å². The van der Waals surface area contributed by atoms with E-state index in [4.69, 9.17) is 4.74 Å². The number of hydrogen-bond acceptors (Lipinski definition) is 3. The molecule has 4 atom stereocenters. The van der Waals surface area contributed by atoms with Gasteiger partial charge in [0.2, 0.25) is 5.91 Å². The Hall–Kier alpha value is -0.610. The Morgan fingerprint density at radius 3 is 2.89 bits per heavy atom. The second kappa shape index (κ2) is 5.17. The molecule has 0 aromatic heterocycles. The highest BCUT2D eigenvalue weighted by atomic mass is 16.5. The first-order valence-electron chi connectivity index (χ1n) is 7.36. The number of ether oxygens (including phenoxy) is 1. The number of nitrogens with one attached hydrogen (secondary N) is 1. The van der Waals surface area contributed by atoms with Crippen molar-refractivity contribution in [1.29, 1.82) is 0 Å². The molecule has 0 aromatic rings. The number of rotatable bonds is 2. The van der Waals surface area contributed by atoms with Crippen LogP contribution in [0.5, 0.6) is 0 Å². The van der Waals surface area contributed by atoms with Crippen molar-refractivity contribution in [3.05, 3.63) is 0 Å². The maximum Gasteiger partial charge on any atom is 0.240 e. The summed E-state index contributed by atoms with van der Waals surface area (Å²) in [7, 11) is 1.73. The van der Waals surface area contributed by atoms with Crippen LogP contribution in [0.1, 0.15) is 38.5 Å². The van der Waals surface area contributed by atoms with Gasteiger partial charge in [-0.15, -0.1) is 0 Å². The van der Waals surface area contributed by atoms with Gasteiger partial charge in [0, 0.05) is 26.2 Å². The molecule has 4 nitrogen and oxygen atoms in total. The molecule has 1 aliphatic carbocycles. The lowest BCUT2D eigenvalue weighted by molar-refractivity contribution is -0.138. The Balaban J connectivity index is 1.65. The van der Waals surface area contributed by atoms with Crippen molar-refractivity contribution in [2.75, 3.05) is 20.2 Å². The molecule has 2 aliphatic heterocycles. The molecule has 2 saturated heterocycles. The standard InChI is InChI=1S/C14H24N2O2/c1-18-11-8-12(15-9-11)14(17)16-7-3-5-10-4-2-6-13(10)16/h10-13,15H,2-9H2,1H3. The van der Waals surface area contributed by atoms with Crippen LogP contribution in [0.2, 0.25) is 0 Å². The summed E-state index contributed by atoms with van der Waals surface area (Å²) < 4.78 is 5.33. The molecule has 1 amide bonds. The van der Waals surface area contributed by atoms with Crippen LogP contribution in [0.3, 0.4) is 0 Å². The van der Waals surface area contributed by atoms with Gasteiger partial charge in [-0.3, -0.25) is 4.79 Å². The molecule has 3 fully saturated rings. The monoisotopic (exact) mass is 252 g/mol. The van der Waals surface area contributed by atoms with E-state index >= 15 is 0 Å². The largest absolute Gasteiger partial charge is 0.380 e. The van der Waals surface area contributed by atoms with Crippen LogP contribution in [0.15, 0.2) is 0 Å². The summed E-state index contributed by atoms with van der Waals surface area (Å²) in [4.78, 5) is 14.8. The lowest BCUT2D eigenvalue weighted by atomic mass is 9.91. The fraction of sp³-hybridized carbons (Fsp3) is 0.929. The SMILES string of the molecule is COC1CNC(C(=O)N2CCCC3CCCC32)C1. The molecule has 3 rings (SSSR count). The number of nitrogens with zero attached hydrogens (tertiary/aromatic N) is 1. The maximum absolute atomic E-state index is 12.6. The Morgan fingerprint density at radius 1 is 1.28 bits per heavy atom. The predicted octanol–water partition coefficient (Wildman–Crippen LogP) is 1.15. The Kier molecular flexibility index (Phi) is 3.57. The van der Waals surface area contributed by atoms with E-state index in [0.29, 0.717) is 11.9 Å². The van der Waals surface area contributed by atoms with Crippen molar-refractivity contribution in [2.24, 2.45) is 5.92 Å². The van der Waals surface area contributed by atoms with Crippen LogP contribution in [-0.4, -0.2) is 49.2 Å². The normalized spacial score (nSPS) is 39.9. The zero-order valence-corrected chi connectivity index (χ0v) is 11.2. The van der Waals surface area contributed by atoms with Gasteiger partial charge >= 0.3 is 0 Å². The summed E-state index contributed by atoms with van der Waals surface area (Å²) in [5.74, 6) is 1.11. The zero-order valence-electron chi connectivity index (χ0n) is 11.2. The molecule has 1 N–H and O–H groups in total. The first-order chi connectivity index (χ1) is 8.79. The van der Waals surface area contributed by atoms with E-state index < -0.39 is 0 Å². The second-order valence-electron chi connectivity index (χ2n) is 5.99. The molecule has 102 valence electrons. The van der Waals surface area contributed by atoms with Crippen molar-refractivity contribution in [3.63, 3.8) is 0 Å². The van der Waals surface area contributed by atoms with Gasteiger partial charge in [-0.1, -0.05) is 6.42 Å². The highest BCUT2D eigenvalue weighted by Gasteiger charge is 2.41. The van der Waals surface area contributed by atoms with E-state index in [9.17, 15) is 4.79 Å². The summed E-state index contributed by atoms with van der Waals surface area (Å²) in [5.41, 5.74) is 0. The van der Waals surface area contributed by atoms with Crippen molar-refractivity contribution in [3.8, 4) is 0 Å². The molecule has 0 aromatic carbocycles. The van der Waals surface area contributed by atoms with Gasteiger partial charge in [-0.05, 0) is 38.0 Å². The molecule has 0 radical (unpaired) electrons. The smallest absolute Gasteiger partial charge is 0.240 e. The fourth-order valence-corrected chi connectivity index (χ4v) is 4.00. The molecule has 4 unspecified atom stereocenters. The van der Waals surface area contributed by atoms with E-state index in [-0.39, 0.29) is 12.1 Å². The lowest BCUT2D eigenvalue weighted by Gasteiger charge is -2.39. The number of fused-ring (bicyclic) bond motifs is 1. The van der Waals surface area contributed by atoms with Crippen LogP contribution in [-0.2, 0) is 9.53 Å². The van der Waals surface area contributed by atoms with Gasteiger partial charge in [0.15, 0.2) is 0 Å². The number of likely N-dealkylation sites (tertiary alicyclic amines) is 1. The zero-order chi connectivity index (χ0) is 12.5. The summed E-state index contributed by atoms with van der Waals surface area (Å²) in [6.07, 6.45) is 7.41. The molecule has 3 aliphatic rings. The topological polar surface area (TPSA) is 41.6 Å². The molecule has 0 spiro atoms. The summed E-state index contributed by atoms with van der Waals surface area (Å²) in [6, 6.07) is 0.531. The molecule has 18 heavy (non-hydrogen) atoms. The van der Waals surface area contributed by atoms with Gasteiger partial charge in [0.25, 0.3) is 0 Å².